The first kappa shape index (κ1) is 11.6. The van der Waals surface area contributed by atoms with Crippen molar-refractivity contribution < 1.29 is 0 Å². The fraction of sp³-hybridized carbons (Fsp3) is 0.667. The lowest BCUT2D eigenvalue weighted by Gasteiger charge is -2.28. The van der Waals surface area contributed by atoms with Crippen molar-refractivity contribution in [2.24, 2.45) is 0 Å². The molecule has 1 aromatic rings. The van der Waals surface area contributed by atoms with Gasteiger partial charge in [0.1, 0.15) is 0 Å². The molecule has 4 heteroatoms. The van der Waals surface area contributed by atoms with Crippen molar-refractivity contribution in [2.45, 2.75) is 32.1 Å². The zero-order valence-corrected chi connectivity index (χ0v) is 10.7. The lowest BCUT2D eigenvalue weighted by molar-refractivity contribution is 0.250. The molecule has 1 unspecified atom stereocenters. The average Bonchev–Trinajstić information content (AvgIpc) is 2.61. The largest absolute Gasteiger partial charge is 0.306 e. The molecule has 2 heterocycles. The van der Waals surface area contributed by atoms with Gasteiger partial charge in [0, 0.05) is 17.3 Å². The van der Waals surface area contributed by atoms with Gasteiger partial charge in [-0.2, -0.15) is 5.26 Å². The second-order valence-electron chi connectivity index (χ2n) is 4.50. The number of likely N-dealkylation sites (N-methyl/N-ethyl adjacent to an activating group) is 1. The Balaban J connectivity index is 2.14. The van der Waals surface area contributed by atoms with Gasteiger partial charge in [-0.25, -0.2) is 4.98 Å². The minimum Gasteiger partial charge on any atom is -0.306 e. The second kappa shape index (κ2) is 4.94. The van der Waals surface area contributed by atoms with E-state index in [0.717, 1.165) is 17.1 Å². The van der Waals surface area contributed by atoms with E-state index in [9.17, 15) is 0 Å². The number of likely N-dealkylation sites (tertiary alicyclic amines) is 1. The summed E-state index contributed by atoms with van der Waals surface area (Å²) in [7, 11) is 2.17. The molecular weight excluding hydrogens is 218 g/mol. The molecule has 0 saturated carbocycles. The Morgan fingerprint density at radius 3 is 3.12 bits per heavy atom. The predicted octanol–water partition coefficient (Wildman–Crippen LogP) is 2.33. The van der Waals surface area contributed by atoms with E-state index in [2.05, 4.69) is 23.0 Å². The quantitative estimate of drug-likeness (QED) is 0.790. The van der Waals surface area contributed by atoms with Crippen molar-refractivity contribution in [3.8, 4) is 6.07 Å². The average molecular weight is 235 g/mol. The lowest BCUT2D eigenvalue weighted by Crippen LogP contribution is -2.30. The first-order valence-corrected chi connectivity index (χ1v) is 6.54. The number of aromatic nitrogens is 1. The van der Waals surface area contributed by atoms with Crippen molar-refractivity contribution in [2.75, 3.05) is 20.1 Å². The summed E-state index contributed by atoms with van der Waals surface area (Å²) < 4.78 is 0. The van der Waals surface area contributed by atoms with Gasteiger partial charge in [-0.05, 0) is 33.4 Å². The molecule has 3 nitrogen and oxygen atoms in total. The summed E-state index contributed by atoms with van der Waals surface area (Å²) in [5.74, 6) is 0.579. The topological polar surface area (TPSA) is 39.9 Å². The molecule has 1 aromatic heterocycles. The SMILES string of the molecule is Cc1nc(C2CCCN(C)C2)sc1CC#N. The van der Waals surface area contributed by atoms with Gasteiger partial charge in [-0.1, -0.05) is 0 Å². The Labute approximate surface area is 101 Å². The summed E-state index contributed by atoms with van der Waals surface area (Å²) in [6, 6.07) is 2.21. The number of hydrogen-bond donors (Lipinski definition) is 0. The summed E-state index contributed by atoms with van der Waals surface area (Å²) in [5, 5.41) is 9.96. The van der Waals surface area contributed by atoms with E-state index >= 15 is 0 Å². The third-order valence-electron chi connectivity index (χ3n) is 3.12. The van der Waals surface area contributed by atoms with Crippen LogP contribution in [0.5, 0.6) is 0 Å². The van der Waals surface area contributed by atoms with Crippen LogP contribution in [0.15, 0.2) is 0 Å². The lowest BCUT2D eigenvalue weighted by atomic mass is 9.99. The van der Waals surface area contributed by atoms with Crippen molar-refractivity contribution in [1.29, 1.82) is 5.26 Å². The van der Waals surface area contributed by atoms with E-state index in [1.165, 1.54) is 24.4 Å². The molecule has 0 bridgehead atoms. The number of nitrogens with zero attached hydrogens (tertiary/aromatic N) is 3. The van der Waals surface area contributed by atoms with Gasteiger partial charge < -0.3 is 4.90 Å². The van der Waals surface area contributed by atoms with Crippen molar-refractivity contribution in [1.82, 2.24) is 9.88 Å². The highest BCUT2D eigenvalue weighted by Crippen LogP contribution is 2.31. The molecule has 1 aliphatic heterocycles. The maximum absolute atomic E-state index is 8.73. The zero-order chi connectivity index (χ0) is 11.5. The summed E-state index contributed by atoms with van der Waals surface area (Å²) >= 11 is 1.73. The highest BCUT2D eigenvalue weighted by molar-refractivity contribution is 7.11. The van der Waals surface area contributed by atoms with Crippen LogP contribution in [0.1, 0.15) is 34.3 Å². The predicted molar refractivity (Wildman–Crippen MR) is 65.6 cm³/mol. The van der Waals surface area contributed by atoms with Crippen LogP contribution in [0.4, 0.5) is 0 Å². The van der Waals surface area contributed by atoms with Crippen molar-refractivity contribution in [3.05, 3.63) is 15.6 Å². The molecule has 0 N–H and O–H groups in total. The minimum atomic E-state index is 0.506. The molecule has 1 fully saturated rings. The molecule has 16 heavy (non-hydrogen) atoms. The molecule has 0 spiro atoms. The van der Waals surface area contributed by atoms with Gasteiger partial charge in [0.2, 0.25) is 0 Å². The van der Waals surface area contributed by atoms with E-state index in [1.54, 1.807) is 11.3 Å². The van der Waals surface area contributed by atoms with Gasteiger partial charge in [-0.15, -0.1) is 11.3 Å². The third-order valence-corrected chi connectivity index (χ3v) is 4.44. The van der Waals surface area contributed by atoms with Gasteiger partial charge in [-0.3, -0.25) is 0 Å². The van der Waals surface area contributed by atoms with Gasteiger partial charge >= 0.3 is 0 Å². The Morgan fingerprint density at radius 2 is 2.44 bits per heavy atom. The molecule has 0 radical (unpaired) electrons. The van der Waals surface area contributed by atoms with E-state index < -0.39 is 0 Å². The second-order valence-corrected chi connectivity index (χ2v) is 5.61. The Bertz CT molecular complexity index is 405. The fourth-order valence-electron chi connectivity index (χ4n) is 2.23. The molecule has 1 aliphatic rings. The number of hydrogen-bond acceptors (Lipinski definition) is 4. The van der Waals surface area contributed by atoms with Gasteiger partial charge in [0.05, 0.1) is 23.2 Å². The number of aryl methyl sites for hydroxylation is 1. The third kappa shape index (κ3) is 2.42. The van der Waals surface area contributed by atoms with E-state index in [1.807, 2.05) is 6.92 Å². The molecule has 0 aromatic carbocycles. The number of thiazole rings is 1. The summed E-state index contributed by atoms with van der Waals surface area (Å²) in [6.07, 6.45) is 3.00. The molecule has 1 atom stereocenters. The van der Waals surface area contributed by atoms with Crippen LogP contribution in [-0.2, 0) is 6.42 Å². The van der Waals surface area contributed by atoms with Crippen LogP contribution in [0.25, 0.3) is 0 Å². The van der Waals surface area contributed by atoms with Gasteiger partial charge in [0.15, 0.2) is 0 Å². The first-order chi connectivity index (χ1) is 7.70. The smallest absolute Gasteiger partial charge is 0.0975 e. The van der Waals surface area contributed by atoms with Gasteiger partial charge in [0.25, 0.3) is 0 Å². The van der Waals surface area contributed by atoms with E-state index in [-0.39, 0.29) is 0 Å². The Kier molecular flexibility index (Phi) is 3.57. The molecule has 0 amide bonds. The minimum absolute atomic E-state index is 0.506. The Morgan fingerprint density at radius 1 is 1.62 bits per heavy atom. The zero-order valence-electron chi connectivity index (χ0n) is 9.86. The maximum atomic E-state index is 8.73. The Hall–Kier alpha value is -0.920. The van der Waals surface area contributed by atoms with Crippen LogP contribution in [0.3, 0.4) is 0 Å². The van der Waals surface area contributed by atoms with Crippen LogP contribution in [0, 0.1) is 18.3 Å². The van der Waals surface area contributed by atoms with Crippen molar-refractivity contribution >= 4 is 11.3 Å². The monoisotopic (exact) mass is 235 g/mol. The van der Waals surface area contributed by atoms with E-state index in [0.29, 0.717) is 12.3 Å². The molecule has 2 rings (SSSR count). The van der Waals surface area contributed by atoms with Crippen LogP contribution in [-0.4, -0.2) is 30.0 Å². The van der Waals surface area contributed by atoms with Crippen molar-refractivity contribution in [3.63, 3.8) is 0 Å². The number of piperidine rings is 1. The normalized spacial score (nSPS) is 21.9. The standard InChI is InChI=1S/C12H17N3S/c1-9-11(5-6-13)16-12(14-9)10-4-3-7-15(2)8-10/h10H,3-5,7-8H2,1-2H3. The summed E-state index contributed by atoms with van der Waals surface area (Å²) in [5.41, 5.74) is 1.05. The van der Waals surface area contributed by atoms with Crippen LogP contribution >= 0.6 is 11.3 Å². The van der Waals surface area contributed by atoms with Crippen LogP contribution in [0.2, 0.25) is 0 Å². The van der Waals surface area contributed by atoms with E-state index in [4.69, 9.17) is 5.26 Å². The van der Waals surface area contributed by atoms with Crippen LogP contribution < -0.4 is 0 Å². The molecule has 0 aliphatic carbocycles. The first-order valence-electron chi connectivity index (χ1n) is 5.72. The fourth-order valence-corrected chi connectivity index (χ4v) is 3.35. The maximum Gasteiger partial charge on any atom is 0.0975 e. The number of nitriles is 1. The summed E-state index contributed by atoms with van der Waals surface area (Å²) in [6.45, 7) is 4.32. The molecule has 86 valence electrons. The molecular formula is C12H17N3S. The number of rotatable bonds is 2. The summed E-state index contributed by atoms with van der Waals surface area (Å²) in [4.78, 5) is 8.14. The highest BCUT2D eigenvalue weighted by Gasteiger charge is 2.22. The highest BCUT2D eigenvalue weighted by atomic mass is 32.1. The molecule has 1 saturated heterocycles.